The summed E-state index contributed by atoms with van der Waals surface area (Å²) in [5.74, 6) is 0. The minimum Gasteiger partial charge on any atom is -0.330 e. The maximum absolute atomic E-state index is 5.72. The second-order valence-corrected chi connectivity index (χ2v) is 7.00. The summed E-state index contributed by atoms with van der Waals surface area (Å²) in [6.07, 6.45) is 1.98. The summed E-state index contributed by atoms with van der Waals surface area (Å²) in [6, 6.07) is 17.0. The molecule has 0 aliphatic heterocycles. The molecule has 1 aromatic heterocycles. The zero-order valence-corrected chi connectivity index (χ0v) is 14.2. The van der Waals surface area contributed by atoms with E-state index in [1.807, 2.05) is 6.07 Å². The van der Waals surface area contributed by atoms with Gasteiger partial charge in [-0.05, 0) is 51.8 Å². The molecule has 0 bridgehead atoms. The first-order valence-corrected chi connectivity index (χ1v) is 8.29. The van der Waals surface area contributed by atoms with Crippen molar-refractivity contribution in [2.24, 2.45) is 5.73 Å². The monoisotopic (exact) mass is 307 g/mol. The molecule has 3 heteroatoms. The van der Waals surface area contributed by atoms with Crippen LogP contribution in [-0.4, -0.2) is 16.3 Å². The summed E-state index contributed by atoms with van der Waals surface area (Å²) in [4.78, 5) is 0. The van der Waals surface area contributed by atoms with E-state index < -0.39 is 0 Å². The number of aryl methyl sites for hydroxylation is 1. The van der Waals surface area contributed by atoms with E-state index in [1.54, 1.807) is 0 Å². The lowest BCUT2D eigenvalue weighted by molar-refractivity contribution is 0.369. The van der Waals surface area contributed by atoms with Crippen LogP contribution in [0.2, 0.25) is 0 Å². The number of aromatic nitrogens is 2. The van der Waals surface area contributed by atoms with E-state index in [9.17, 15) is 0 Å². The van der Waals surface area contributed by atoms with Gasteiger partial charge in [0.05, 0.1) is 11.1 Å². The van der Waals surface area contributed by atoms with Gasteiger partial charge >= 0.3 is 0 Å². The maximum Gasteiger partial charge on any atom is 0.100 e. The Kier molecular flexibility index (Phi) is 4.22. The highest BCUT2D eigenvalue weighted by atomic mass is 15.3. The highest BCUT2D eigenvalue weighted by molar-refractivity contribution is 5.96. The molecule has 0 amide bonds. The Hall–Kier alpha value is -2.13. The van der Waals surface area contributed by atoms with Gasteiger partial charge < -0.3 is 5.73 Å². The predicted molar refractivity (Wildman–Crippen MR) is 97.5 cm³/mol. The molecule has 0 spiro atoms. The van der Waals surface area contributed by atoms with Crippen molar-refractivity contribution >= 4 is 10.9 Å². The lowest BCUT2D eigenvalue weighted by Crippen LogP contribution is -2.22. The van der Waals surface area contributed by atoms with Crippen molar-refractivity contribution < 1.29 is 0 Å². The van der Waals surface area contributed by atoms with Crippen LogP contribution >= 0.6 is 0 Å². The van der Waals surface area contributed by atoms with Gasteiger partial charge in [0, 0.05) is 10.9 Å². The Labute approximate surface area is 138 Å². The van der Waals surface area contributed by atoms with Crippen molar-refractivity contribution in [1.82, 2.24) is 9.78 Å². The molecule has 0 saturated carbocycles. The molecule has 2 aromatic carbocycles. The number of benzene rings is 2. The van der Waals surface area contributed by atoms with Gasteiger partial charge in [0.25, 0.3) is 0 Å². The third-order valence-electron chi connectivity index (χ3n) is 4.13. The van der Waals surface area contributed by atoms with Gasteiger partial charge in [-0.3, -0.25) is 4.68 Å². The van der Waals surface area contributed by atoms with Gasteiger partial charge in [0.15, 0.2) is 0 Å². The molecule has 0 atom stereocenters. The molecule has 23 heavy (non-hydrogen) atoms. The second kappa shape index (κ2) is 6.17. The third kappa shape index (κ3) is 3.02. The van der Waals surface area contributed by atoms with Crippen LogP contribution in [0.4, 0.5) is 0 Å². The lowest BCUT2D eigenvalue weighted by atomic mass is 9.99. The number of fused-ring (bicyclic) bond motifs is 1. The fraction of sp³-hybridized carbons (Fsp3) is 0.350. The van der Waals surface area contributed by atoms with Gasteiger partial charge in [0.2, 0.25) is 0 Å². The number of hydrogen-bond acceptors (Lipinski definition) is 2. The van der Waals surface area contributed by atoms with E-state index in [1.165, 1.54) is 22.0 Å². The largest absolute Gasteiger partial charge is 0.330 e. The molecule has 2 N–H and O–H groups in total. The Morgan fingerprint density at radius 2 is 1.74 bits per heavy atom. The first-order chi connectivity index (χ1) is 11.0. The zero-order valence-electron chi connectivity index (χ0n) is 14.2. The molecule has 0 radical (unpaired) electrons. The predicted octanol–water partition coefficient (Wildman–Crippen LogP) is 4.35. The highest BCUT2D eigenvalue weighted by Crippen LogP contribution is 2.34. The van der Waals surface area contributed by atoms with Crippen molar-refractivity contribution in [3.05, 3.63) is 54.1 Å². The van der Waals surface area contributed by atoms with Crippen molar-refractivity contribution in [2.75, 3.05) is 6.54 Å². The molecular formula is C20H25N3. The first kappa shape index (κ1) is 15.8. The SMILES string of the molecule is CC(C)(C)n1nc(-c2ccccc2)c2c(CCCN)cccc21. The molecule has 3 nitrogen and oxygen atoms in total. The van der Waals surface area contributed by atoms with E-state index in [4.69, 9.17) is 10.8 Å². The fourth-order valence-electron chi connectivity index (χ4n) is 3.05. The standard InChI is InChI=1S/C20H25N3/c1-20(2,3)23-17-13-7-11-15(12-8-14-21)18(17)19(22-23)16-9-5-4-6-10-16/h4-7,9-11,13H,8,12,14,21H2,1-3H3. The van der Waals surface area contributed by atoms with E-state index in [0.717, 1.165) is 18.5 Å². The van der Waals surface area contributed by atoms with Crippen molar-refractivity contribution in [2.45, 2.75) is 39.2 Å². The van der Waals surface area contributed by atoms with Crippen molar-refractivity contribution in [3.63, 3.8) is 0 Å². The van der Waals surface area contributed by atoms with E-state index >= 15 is 0 Å². The number of rotatable bonds is 4. The van der Waals surface area contributed by atoms with Crippen LogP contribution in [0.25, 0.3) is 22.2 Å². The van der Waals surface area contributed by atoms with Crippen LogP contribution in [0.3, 0.4) is 0 Å². The van der Waals surface area contributed by atoms with Crippen molar-refractivity contribution in [3.8, 4) is 11.3 Å². The van der Waals surface area contributed by atoms with Crippen LogP contribution in [0.1, 0.15) is 32.8 Å². The summed E-state index contributed by atoms with van der Waals surface area (Å²) >= 11 is 0. The normalized spacial score (nSPS) is 12.0. The molecule has 0 aliphatic carbocycles. The topological polar surface area (TPSA) is 43.8 Å². The number of hydrogen-bond donors (Lipinski definition) is 1. The zero-order chi connectivity index (χ0) is 16.4. The Bertz CT molecular complexity index is 795. The Morgan fingerprint density at radius 1 is 1.00 bits per heavy atom. The van der Waals surface area contributed by atoms with Crippen LogP contribution in [-0.2, 0) is 12.0 Å². The molecule has 0 fully saturated rings. The molecule has 0 unspecified atom stereocenters. The third-order valence-corrected chi connectivity index (χ3v) is 4.13. The average Bonchev–Trinajstić information content (AvgIpc) is 2.94. The first-order valence-electron chi connectivity index (χ1n) is 8.29. The average molecular weight is 307 g/mol. The molecule has 0 aliphatic rings. The second-order valence-electron chi connectivity index (χ2n) is 7.00. The summed E-state index contributed by atoms with van der Waals surface area (Å²) in [5, 5.41) is 6.25. The maximum atomic E-state index is 5.72. The number of nitrogens with two attached hydrogens (primary N) is 1. The van der Waals surface area contributed by atoms with Gasteiger partial charge in [-0.15, -0.1) is 0 Å². The minimum absolute atomic E-state index is 0.0578. The molecule has 3 rings (SSSR count). The smallest absolute Gasteiger partial charge is 0.100 e. The lowest BCUT2D eigenvalue weighted by Gasteiger charge is -2.20. The van der Waals surface area contributed by atoms with Crippen LogP contribution in [0.15, 0.2) is 48.5 Å². The summed E-state index contributed by atoms with van der Waals surface area (Å²) < 4.78 is 2.15. The van der Waals surface area contributed by atoms with E-state index in [2.05, 4.69) is 67.9 Å². The molecule has 3 aromatic rings. The van der Waals surface area contributed by atoms with Gasteiger partial charge in [-0.25, -0.2) is 0 Å². The fourth-order valence-corrected chi connectivity index (χ4v) is 3.05. The van der Waals surface area contributed by atoms with Crippen molar-refractivity contribution in [1.29, 1.82) is 0 Å². The Morgan fingerprint density at radius 3 is 2.39 bits per heavy atom. The molecular weight excluding hydrogens is 282 g/mol. The summed E-state index contributed by atoms with van der Waals surface area (Å²) in [7, 11) is 0. The summed E-state index contributed by atoms with van der Waals surface area (Å²) in [5.41, 5.74) is 10.4. The molecule has 120 valence electrons. The van der Waals surface area contributed by atoms with Crippen LogP contribution in [0, 0.1) is 0 Å². The quantitative estimate of drug-likeness (QED) is 0.778. The summed E-state index contributed by atoms with van der Waals surface area (Å²) in [6.45, 7) is 7.30. The van der Waals surface area contributed by atoms with Crippen LogP contribution < -0.4 is 5.73 Å². The van der Waals surface area contributed by atoms with E-state index in [0.29, 0.717) is 6.54 Å². The van der Waals surface area contributed by atoms with Gasteiger partial charge in [0.1, 0.15) is 5.69 Å². The Balaban J connectivity index is 2.29. The van der Waals surface area contributed by atoms with Gasteiger partial charge in [-0.1, -0.05) is 42.5 Å². The van der Waals surface area contributed by atoms with E-state index in [-0.39, 0.29) is 5.54 Å². The molecule has 1 heterocycles. The number of nitrogens with zero attached hydrogens (tertiary/aromatic N) is 2. The van der Waals surface area contributed by atoms with Crippen LogP contribution in [0.5, 0.6) is 0 Å². The minimum atomic E-state index is -0.0578. The highest BCUT2D eigenvalue weighted by Gasteiger charge is 2.22. The molecule has 0 saturated heterocycles. The van der Waals surface area contributed by atoms with Gasteiger partial charge in [-0.2, -0.15) is 5.10 Å².